The second-order valence-electron chi connectivity index (χ2n) is 8.54. The zero-order chi connectivity index (χ0) is 23.3. The van der Waals surface area contributed by atoms with Crippen molar-refractivity contribution in [2.24, 2.45) is 11.0 Å². The Morgan fingerprint density at radius 1 is 1.06 bits per heavy atom. The largest absolute Gasteiger partial charge is 0.302 e. The normalized spacial score (nSPS) is 20.6. The van der Waals surface area contributed by atoms with Crippen molar-refractivity contribution in [3.8, 4) is 0 Å². The van der Waals surface area contributed by atoms with Gasteiger partial charge in [-0.05, 0) is 42.0 Å². The van der Waals surface area contributed by atoms with Crippen LogP contribution in [0.1, 0.15) is 49.3 Å². The van der Waals surface area contributed by atoms with Gasteiger partial charge in [0.05, 0.1) is 11.8 Å². The second-order valence-corrected chi connectivity index (χ2v) is 9.44. The smallest absolute Gasteiger partial charge is 0.243 e. The minimum atomic E-state index is -0.214. The van der Waals surface area contributed by atoms with Gasteiger partial charge < -0.3 is 5.32 Å². The van der Waals surface area contributed by atoms with Crippen molar-refractivity contribution in [3.05, 3.63) is 88.9 Å². The highest BCUT2D eigenvalue weighted by Gasteiger charge is 2.43. The maximum absolute atomic E-state index is 13.4. The van der Waals surface area contributed by atoms with Crippen LogP contribution in [0.25, 0.3) is 6.08 Å². The minimum Gasteiger partial charge on any atom is -0.302 e. The zero-order valence-corrected chi connectivity index (χ0v) is 19.6. The predicted octanol–water partition coefficient (Wildman–Crippen LogP) is 5.69. The molecule has 2 aromatic carbocycles. The van der Waals surface area contributed by atoms with Crippen molar-refractivity contribution < 1.29 is 9.59 Å². The van der Waals surface area contributed by atoms with Crippen LogP contribution in [0.15, 0.2) is 82.9 Å². The van der Waals surface area contributed by atoms with E-state index in [2.05, 4.69) is 40.6 Å². The number of hydrogen-bond acceptors (Lipinski definition) is 5. The number of carbonyl (C=O) groups excluding carboxylic acids is 2. The summed E-state index contributed by atoms with van der Waals surface area (Å²) in [5.41, 5.74) is 4.42. The molecule has 1 N–H and O–H groups in total. The van der Waals surface area contributed by atoms with Gasteiger partial charge in [-0.2, -0.15) is 5.10 Å². The molecule has 1 saturated carbocycles. The summed E-state index contributed by atoms with van der Waals surface area (Å²) in [6.07, 6.45) is 7.02. The molecule has 5 rings (SSSR count). The molecule has 0 saturated heterocycles. The van der Waals surface area contributed by atoms with Crippen LogP contribution in [0, 0.1) is 5.92 Å². The van der Waals surface area contributed by atoms with Crippen LogP contribution in [0.4, 0.5) is 5.13 Å². The molecule has 2 atom stereocenters. The van der Waals surface area contributed by atoms with Crippen LogP contribution in [0.3, 0.4) is 0 Å². The molecule has 0 radical (unpaired) electrons. The number of rotatable bonds is 6. The van der Waals surface area contributed by atoms with E-state index in [4.69, 9.17) is 5.10 Å². The Morgan fingerprint density at radius 3 is 2.56 bits per heavy atom. The molecular weight excluding hydrogens is 444 g/mol. The van der Waals surface area contributed by atoms with Crippen molar-refractivity contribution >= 4 is 40.1 Å². The van der Waals surface area contributed by atoms with Gasteiger partial charge in [0.1, 0.15) is 0 Å². The number of hydrogen-bond donors (Lipinski definition) is 1. The lowest BCUT2D eigenvalue weighted by molar-refractivity contribution is -0.135. The predicted molar refractivity (Wildman–Crippen MR) is 135 cm³/mol. The zero-order valence-electron chi connectivity index (χ0n) is 18.8. The third kappa shape index (κ3) is 4.84. The number of amides is 2. The lowest BCUT2D eigenvalue weighted by Gasteiger charge is -2.29. The number of allylic oxidation sites excluding steroid dienone is 1. The molecule has 34 heavy (non-hydrogen) atoms. The fraction of sp³-hybridized carbons (Fsp3) is 0.259. The highest BCUT2D eigenvalue weighted by Crippen LogP contribution is 2.44. The number of nitrogens with zero attached hydrogens (tertiary/aromatic N) is 3. The summed E-state index contributed by atoms with van der Waals surface area (Å²) in [5.74, 6) is -0.197. The molecule has 0 spiro atoms. The van der Waals surface area contributed by atoms with Crippen molar-refractivity contribution in [1.82, 2.24) is 9.99 Å². The van der Waals surface area contributed by atoms with Gasteiger partial charge in [-0.25, -0.2) is 9.99 Å². The molecule has 2 amide bonds. The van der Waals surface area contributed by atoms with Gasteiger partial charge >= 0.3 is 0 Å². The topological polar surface area (TPSA) is 74.7 Å². The molecule has 1 aromatic heterocycles. The summed E-state index contributed by atoms with van der Waals surface area (Å²) in [6.45, 7) is 0. The number of fused-ring (bicyclic) bond motifs is 1. The van der Waals surface area contributed by atoms with Gasteiger partial charge in [-0.3, -0.25) is 9.59 Å². The summed E-state index contributed by atoms with van der Waals surface area (Å²) < 4.78 is 0. The molecule has 1 fully saturated rings. The maximum Gasteiger partial charge on any atom is 0.243 e. The fourth-order valence-corrected chi connectivity index (χ4v) is 5.29. The highest BCUT2D eigenvalue weighted by atomic mass is 32.1. The van der Waals surface area contributed by atoms with Crippen LogP contribution in [0.5, 0.6) is 0 Å². The van der Waals surface area contributed by atoms with E-state index in [1.54, 1.807) is 16.6 Å². The van der Waals surface area contributed by atoms with Gasteiger partial charge in [0.2, 0.25) is 11.8 Å². The van der Waals surface area contributed by atoms with Crippen molar-refractivity contribution in [3.63, 3.8) is 0 Å². The van der Waals surface area contributed by atoms with Crippen LogP contribution < -0.4 is 5.32 Å². The van der Waals surface area contributed by atoms with Crippen LogP contribution in [-0.2, 0) is 9.59 Å². The third-order valence-electron chi connectivity index (χ3n) is 6.28. The van der Waals surface area contributed by atoms with E-state index in [9.17, 15) is 9.59 Å². The van der Waals surface area contributed by atoms with Crippen LogP contribution >= 0.6 is 11.3 Å². The molecule has 2 unspecified atom stereocenters. The SMILES string of the molecule is O=C(CCC(=O)N1N=C2C(=Cc3ccccc3)CCCC2C1c1ccccc1)Nc1nccs1. The van der Waals surface area contributed by atoms with E-state index >= 15 is 0 Å². The highest BCUT2D eigenvalue weighted by molar-refractivity contribution is 7.13. The summed E-state index contributed by atoms with van der Waals surface area (Å²) >= 11 is 1.36. The number of nitrogens with one attached hydrogen (secondary N) is 1. The Morgan fingerprint density at radius 2 is 1.82 bits per heavy atom. The average Bonchev–Trinajstić information content (AvgIpc) is 3.52. The van der Waals surface area contributed by atoms with E-state index in [0.717, 1.165) is 36.1 Å². The molecule has 3 aromatic rings. The second kappa shape index (κ2) is 10.1. The average molecular weight is 471 g/mol. The van der Waals surface area contributed by atoms with Crippen LogP contribution in [-0.4, -0.2) is 27.5 Å². The van der Waals surface area contributed by atoms with Gasteiger partial charge in [0.15, 0.2) is 5.13 Å². The monoisotopic (exact) mass is 470 g/mol. The van der Waals surface area contributed by atoms with Crippen molar-refractivity contribution in [2.75, 3.05) is 5.32 Å². The molecule has 2 heterocycles. The molecule has 1 aliphatic carbocycles. The Labute approximate surface area is 203 Å². The minimum absolute atomic E-state index is 0.0959. The first-order valence-electron chi connectivity index (χ1n) is 11.6. The van der Waals surface area contributed by atoms with Crippen molar-refractivity contribution in [2.45, 2.75) is 38.1 Å². The first-order valence-corrected chi connectivity index (χ1v) is 12.5. The Balaban J connectivity index is 1.39. The summed E-state index contributed by atoms with van der Waals surface area (Å²) in [6, 6.07) is 20.2. The molecule has 172 valence electrons. The Bertz CT molecular complexity index is 1210. The van der Waals surface area contributed by atoms with E-state index < -0.39 is 0 Å². The molecule has 2 aliphatic rings. The molecule has 6 nitrogen and oxygen atoms in total. The Kier molecular flexibility index (Phi) is 6.62. The number of thiazole rings is 1. The van der Waals surface area contributed by atoms with Gasteiger partial charge in [-0.15, -0.1) is 11.3 Å². The van der Waals surface area contributed by atoms with E-state index in [0.29, 0.717) is 5.13 Å². The first kappa shape index (κ1) is 22.2. The van der Waals surface area contributed by atoms with Crippen LogP contribution in [0.2, 0.25) is 0 Å². The summed E-state index contributed by atoms with van der Waals surface area (Å²) in [7, 11) is 0. The van der Waals surface area contributed by atoms with Gasteiger partial charge in [0, 0.05) is 30.3 Å². The first-order chi connectivity index (χ1) is 16.7. The summed E-state index contributed by atoms with van der Waals surface area (Å²) in [5, 5.41) is 11.6. The van der Waals surface area contributed by atoms with E-state index in [1.165, 1.54) is 16.9 Å². The lowest BCUT2D eigenvalue weighted by atomic mass is 9.77. The standard InChI is InChI=1S/C27H26N4O2S/c32-23(29-27-28-16-17-34-27)14-15-24(33)31-26(20-10-5-2-6-11-20)22-13-7-12-21(25(22)30-31)18-19-8-3-1-4-9-19/h1-6,8-11,16-18,22,26H,7,12-15H2,(H,28,29,32). The summed E-state index contributed by atoms with van der Waals surface area (Å²) in [4.78, 5) is 29.7. The van der Waals surface area contributed by atoms with E-state index in [1.807, 2.05) is 36.4 Å². The molecule has 1 aliphatic heterocycles. The van der Waals surface area contributed by atoms with Crippen molar-refractivity contribution in [1.29, 1.82) is 0 Å². The molecule has 7 heteroatoms. The maximum atomic E-state index is 13.4. The fourth-order valence-electron chi connectivity index (χ4n) is 4.74. The third-order valence-corrected chi connectivity index (χ3v) is 6.97. The number of benzene rings is 2. The Hall–Kier alpha value is -3.58. The van der Waals surface area contributed by atoms with E-state index in [-0.39, 0.29) is 36.6 Å². The van der Waals surface area contributed by atoms with Gasteiger partial charge in [-0.1, -0.05) is 60.7 Å². The number of aromatic nitrogens is 1. The number of carbonyl (C=O) groups is 2. The quantitative estimate of drug-likeness (QED) is 0.503. The number of hydrazone groups is 1. The molecular formula is C27H26N4O2S. The number of anilines is 1. The lowest BCUT2D eigenvalue weighted by Crippen LogP contribution is -2.32. The molecule has 0 bridgehead atoms. The van der Waals surface area contributed by atoms with Gasteiger partial charge in [0.25, 0.3) is 0 Å².